The van der Waals surface area contributed by atoms with Crippen LogP contribution in [0.5, 0.6) is 0 Å². The average Bonchev–Trinajstić information content (AvgIpc) is 2.46. The number of benzene rings is 1. The molecule has 1 amide bonds. The van der Waals surface area contributed by atoms with Crippen molar-refractivity contribution in [3.8, 4) is 0 Å². The molecule has 104 valence electrons. The molecule has 4 heteroatoms. The van der Waals surface area contributed by atoms with E-state index in [1.807, 2.05) is 11.0 Å². The van der Waals surface area contributed by atoms with Crippen molar-refractivity contribution in [1.29, 1.82) is 0 Å². The molecule has 1 N–H and O–H groups in total. The fraction of sp³-hybridized carbons (Fsp3) is 0.533. The van der Waals surface area contributed by atoms with Crippen molar-refractivity contribution in [2.75, 3.05) is 32.8 Å². The molecule has 1 saturated heterocycles. The molecule has 0 aliphatic carbocycles. The van der Waals surface area contributed by atoms with Crippen LogP contribution in [0.25, 0.3) is 0 Å². The number of piperazine rings is 1. The summed E-state index contributed by atoms with van der Waals surface area (Å²) in [5.41, 5.74) is 1.32. The lowest BCUT2D eigenvalue weighted by Gasteiger charge is -2.34. The van der Waals surface area contributed by atoms with Crippen LogP contribution in [0.15, 0.2) is 30.3 Å². The monoisotopic (exact) mass is 262 g/mol. The molecule has 0 saturated carbocycles. The highest BCUT2D eigenvalue weighted by atomic mass is 16.3. The van der Waals surface area contributed by atoms with E-state index in [4.69, 9.17) is 5.11 Å². The van der Waals surface area contributed by atoms with Gasteiger partial charge in [-0.1, -0.05) is 30.3 Å². The fourth-order valence-corrected chi connectivity index (χ4v) is 2.39. The van der Waals surface area contributed by atoms with Gasteiger partial charge in [0, 0.05) is 45.8 Å². The maximum atomic E-state index is 11.8. The van der Waals surface area contributed by atoms with Gasteiger partial charge in [-0.2, -0.15) is 0 Å². The second-order valence-corrected chi connectivity index (χ2v) is 4.97. The predicted octanol–water partition coefficient (Wildman–Crippen LogP) is 1.10. The Bertz CT molecular complexity index is 386. The minimum Gasteiger partial charge on any atom is -0.396 e. The number of aliphatic hydroxyl groups excluding tert-OH is 1. The highest BCUT2D eigenvalue weighted by Crippen LogP contribution is 2.09. The van der Waals surface area contributed by atoms with Crippen LogP contribution >= 0.6 is 0 Å². The van der Waals surface area contributed by atoms with Crippen molar-refractivity contribution in [1.82, 2.24) is 9.80 Å². The molecule has 0 radical (unpaired) electrons. The summed E-state index contributed by atoms with van der Waals surface area (Å²) in [7, 11) is 0. The molecule has 0 atom stereocenters. The molecule has 0 bridgehead atoms. The van der Waals surface area contributed by atoms with Crippen LogP contribution in [0.2, 0.25) is 0 Å². The molecule has 1 aliphatic heterocycles. The maximum absolute atomic E-state index is 11.8. The van der Waals surface area contributed by atoms with E-state index in [1.165, 1.54) is 5.56 Å². The molecule has 1 aromatic rings. The Hall–Kier alpha value is -1.39. The highest BCUT2D eigenvalue weighted by molar-refractivity contribution is 5.76. The molecular weight excluding hydrogens is 240 g/mol. The van der Waals surface area contributed by atoms with Gasteiger partial charge in [-0.3, -0.25) is 9.69 Å². The zero-order valence-corrected chi connectivity index (χ0v) is 11.3. The smallest absolute Gasteiger partial charge is 0.222 e. The Balaban J connectivity index is 1.75. The first-order valence-electron chi connectivity index (χ1n) is 6.94. The molecule has 2 rings (SSSR count). The van der Waals surface area contributed by atoms with E-state index in [0.29, 0.717) is 12.8 Å². The van der Waals surface area contributed by atoms with Crippen LogP contribution < -0.4 is 0 Å². The van der Waals surface area contributed by atoms with Crippen LogP contribution in [-0.2, 0) is 11.3 Å². The Morgan fingerprint density at radius 3 is 2.42 bits per heavy atom. The molecule has 1 fully saturated rings. The highest BCUT2D eigenvalue weighted by Gasteiger charge is 2.20. The quantitative estimate of drug-likeness (QED) is 0.864. The SMILES string of the molecule is O=C(CCCO)N1CCN(Cc2ccccc2)CC1. The van der Waals surface area contributed by atoms with Gasteiger partial charge in [0.15, 0.2) is 0 Å². The van der Waals surface area contributed by atoms with Crippen molar-refractivity contribution in [3.05, 3.63) is 35.9 Å². The number of nitrogens with zero attached hydrogens (tertiary/aromatic N) is 2. The molecular formula is C15H22N2O2. The van der Waals surface area contributed by atoms with Gasteiger partial charge in [0.25, 0.3) is 0 Å². The van der Waals surface area contributed by atoms with Gasteiger partial charge in [0.1, 0.15) is 0 Å². The summed E-state index contributed by atoms with van der Waals surface area (Å²) in [6.07, 6.45) is 1.04. The van der Waals surface area contributed by atoms with Crippen LogP contribution in [0, 0.1) is 0 Å². The van der Waals surface area contributed by atoms with Gasteiger partial charge in [-0.05, 0) is 12.0 Å². The fourth-order valence-electron chi connectivity index (χ4n) is 2.39. The number of hydrogen-bond donors (Lipinski definition) is 1. The van der Waals surface area contributed by atoms with Crippen molar-refractivity contribution in [3.63, 3.8) is 0 Å². The second kappa shape index (κ2) is 7.26. The van der Waals surface area contributed by atoms with Crippen molar-refractivity contribution in [2.45, 2.75) is 19.4 Å². The Kier molecular flexibility index (Phi) is 5.36. The molecule has 1 aromatic carbocycles. The summed E-state index contributed by atoms with van der Waals surface area (Å²) in [6.45, 7) is 4.52. The Morgan fingerprint density at radius 1 is 1.11 bits per heavy atom. The van der Waals surface area contributed by atoms with E-state index in [-0.39, 0.29) is 12.5 Å². The van der Waals surface area contributed by atoms with E-state index in [9.17, 15) is 4.79 Å². The number of carbonyl (C=O) groups excluding carboxylic acids is 1. The van der Waals surface area contributed by atoms with Crippen molar-refractivity contribution < 1.29 is 9.90 Å². The second-order valence-electron chi connectivity index (χ2n) is 4.97. The third-order valence-corrected chi connectivity index (χ3v) is 3.52. The van der Waals surface area contributed by atoms with Gasteiger partial charge in [0.2, 0.25) is 5.91 Å². The average molecular weight is 262 g/mol. The van der Waals surface area contributed by atoms with E-state index >= 15 is 0 Å². The Labute approximate surface area is 114 Å². The summed E-state index contributed by atoms with van der Waals surface area (Å²) < 4.78 is 0. The molecule has 19 heavy (non-hydrogen) atoms. The topological polar surface area (TPSA) is 43.8 Å². The zero-order valence-electron chi connectivity index (χ0n) is 11.3. The predicted molar refractivity (Wildman–Crippen MR) is 74.6 cm³/mol. The summed E-state index contributed by atoms with van der Waals surface area (Å²) in [5.74, 6) is 0.174. The number of carbonyl (C=O) groups is 1. The van der Waals surface area contributed by atoms with Crippen LogP contribution in [0.3, 0.4) is 0 Å². The lowest BCUT2D eigenvalue weighted by atomic mass is 10.2. The van der Waals surface area contributed by atoms with E-state index in [1.54, 1.807) is 0 Å². The third kappa shape index (κ3) is 4.33. The summed E-state index contributed by atoms with van der Waals surface area (Å²) in [4.78, 5) is 16.1. The minimum atomic E-state index is 0.0969. The molecule has 1 aliphatic rings. The standard InChI is InChI=1S/C15H22N2O2/c18-12-4-7-15(19)17-10-8-16(9-11-17)13-14-5-2-1-3-6-14/h1-3,5-6,18H,4,7-13H2. The summed E-state index contributed by atoms with van der Waals surface area (Å²) in [6, 6.07) is 10.4. The minimum absolute atomic E-state index is 0.0969. The largest absolute Gasteiger partial charge is 0.396 e. The number of aliphatic hydroxyl groups is 1. The van der Waals surface area contributed by atoms with Gasteiger partial charge in [0.05, 0.1) is 0 Å². The summed E-state index contributed by atoms with van der Waals surface area (Å²) >= 11 is 0. The number of rotatable bonds is 5. The number of hydrogen-bond acceptors (Lipinski definition) is 3. The van der Waals surface area contributed by atoms with E-state index < -0.39 is 0 Å². The van der Waals surface area contributed by atoms with Crippen LogP contribution in [0.1, 0.15) is 18.4 Å². The number of amides is 1. The zero-order chi connectivity index (χ0) is 13.5. The maximum Gasteiger partial charge on any atom is 0.222 e. The Morgan fingerprint density at radius 2 is 1.79 bits per heavy atom. The molecule has 4 nitrogen and oxygen atoms in total. The normalized spacial score (nSPS) is 16.6. The lowest BCUT2D eigenvalue weighted by Crippen LogP contribution is -2.48. The van der Waals surface area contributed by atoms with Crippen molar-refractivity contribution in [2.24, 2.45) is 0 Å². The molecule has 1 heterocycles. The first kappa shape index (κ1) is 14.0. The van der Waals surface area contributed by atoms with Gasteiger partial charge in [-0.15, -0.1) is 0 Å². The summed E-state index contributed by atoms with van der Waals surface area (Å²) in [5, 5.41) is 8.74. The first-order chi connectivity index (χ1) is 9.29. The third-order valence-electron chi connectivity index (χ3n) is 3.52. The van der Waals surface area contributed by atoms with Gasteiger partial charge in [-0.25, -0.2) is 0 Å². The lowest BCUT2D eigenvalue weighted by molar-refractivity contribution is -0.133. The molecule has 0 spiro atoms. The van der Waals surface area contributed by atoms with Crippen molar-refractivity contribution >= 4 is 5.91 Å². The first-order valence-corrected chi connectivity index (χ1v) is 6.94. The van der Waals surface area contributed by atoms with E-state index in [2.05, 4.69) is 29.2 Å². The molecule has 0 aromatic heterocycles. The van der Waals surface area contributed by atoms with Crippen LogP contribution in [0.4, 0.5) is 0 Å². The van der Waals surface area contributed by atoms with Gasteiger partial charge < -0.3 is 10.0 Å². The van der Waals surface area contributed by atoms with E-state index in [0.717, 1.165) is 32.7 Å². The van der Waals surface area contributed by atoms with Crippen LogP contribution in [-0.4, -0.2) is 53.6 Å². The van der Waals surface area contributed by atoms with Gasteiger partial charge >= 0.3 is 0 Å². The molecule has 0 unspecified atom stereocenters.